The summed E-state index contributed by atoms with van der Waals surface area (Å²) in [5.41, 5.74) is 0.630. The van der Waals surface area contributed by atoms with Crippen LogP contribution >= 0.6 is 0 Å². The van der Waals surface area contributed by atoms with E-state index in [0.29, 0.717) is 24.1 Å². The van der Waals surface area contributed by atoms with Crippen LogP contribution in [0.5, 0.6) is 11.5 Å². The highest BCUT2D eigenvalue weighted by Gasteiger charge is 2.24. The van der Waals surface area contributed by atoms with Gasteiger partial charge in [-0.05, 0) is 49.2 Å². The molecule has 9 heteroatoms. The van der Waals surface area contributed by atoms with Crippen LogP contribution in [0.1, 0.15) is 30.4 Å². The molecule has 9 nitrogen and oxygen atoms in total. The maximum atomic E-state index is 11.2. The smallest absolute Gasteiger partial charge is 0.312 e. The molecule has 1 unspecified atom stereocenters. The van der Waals surface area contributed by atoms with Gasteiger partial charge in [-0.25, -0.2) is 0 Å². The lowest BCUT2D eigenvalue weighted by Gasteiger charge is -2.07. The lowest BCUT2D eigenvalue weighted by Crippen LogP contribution is -1.95. The number of aromatic nitrogens is 2. The van der Waals surface area contributed by atoms with Gasteiger partial charge in [0.15, 0.2) is 0 Å². The Bertz CT molecular complexity index is 1050. The SMILES string of the molecule is N#Cc1ccc(Oc2ccc(-c3noc(C4CCCO4)n3)cc2)c([N+](=O)[O-])c1. The first-order valence-electron chi connectivity index (χ1n) is 8.56. The largest absolute Gasteiger partial charge is 0.450 e. The van der Waals surface area contributed by atoms with Crippen molar-refractivity contribution in [2.75, 3.05) is 6.61 Å². The molecule has 2 aromatic carbocycles. The fourth-order valence-corrected chi connectivity index (χ4v) is 2.87. The standard InChI is InChI=1S/C19H14N4O5/c20-11-12-3-8-16(15(10-12)23(24)25)27-14-6-4-13(5-7-14)18-21-19(28-22-18)17-2-1-9-26-17/h3-8,10,17H,1-2,9H2. The number of ether oxygens (including phenoxy) is 2. The number of nitriles is 1. The molecule has 2 heterocycles. The van der Waals surface area contributed by atoms with Crippen molar-refractivity contribution in [1.29, 1.82) is 5.26 Å². The second-order valence-electron chi connectivity index (χ2n) is 6.14. The van der Waals surface area contributed by atoms with E-state index in [1.165, 1.54) is 18.2 Å². The van der Waals surface area contributed by atoms with Crippen LogP contribution in [0.25, 0.3) is 11.4 Å². The van der Waals surface area contributed by atoms with Crippen molar-refractivity contribution in [2.45, 2.75) is 18.9 Å². The van der Waals surface area contributed by atoms with Gasteiger partial charge in [0, 0.05) is 18.2 Å². The van der Waals surface area contributed by atoms with Gasteiger partial charge < -0.3 is 14.0 Å². The first kappa shape index (κ1) is 17.6. The molecule has 4 rings (SSSR count). The summed E-state index contributed by atoms with van der Waals surface area (Å²) in [5.74, 6) is 1.35. The summed E-state index contributed by atoms with van der Waals surface area (Å²) < 4.78 is 16.4. The minimum atomic E-state index is -0.587. The monoisotopic (exact) mass is 378 g/mol. The number of nitro groups is 1. The lowest BCUT2D eigenvalue weighted by molar-refractivity contribution is -0.385. The number of benzene rings is 2. The van der Waals surface area contributed by atoms with Crippen molar-refractivity contribution in [1.82, 2.24) is 10.1 Å². The highest BCUT2D eigenvalue weighted by Crippen LogP contribution is 2.33. The molecule has 0 spiro atoms. The fourth-order valence-electron chi connectivity index (χ4n) is 2.87. The molecule has 1 aliphatic rings. The zero-order chi connectivity index (χ0) is 19.5. The van der Waals surface area contributed by atoms with E-state index >= 15 is 0 Å². The van der Waals surface area contributed by atoms with Crippen LogP contribution in [-0.4, -0.2) is 21.7 Å². The molecule has 1 aliphatic heterocycles. The molecule has 0 aliphatic carbocycles. The molecule has 3 aromatic rings. The van der Waals surface area contributed by atoms with Crippen molar-refractivity contribution in [3.8, 4) is 29.0 Å². The average Bonchev–Trinajstić information content (AvgIpc) is 3.40. The van der Waals surface area contributed by atoms with E-state index in [-0.39, 0.29) is 23.1 Å². The lowest BCUT2D eigenvalue weighted by atomic mass is 10.2. The first-order chi connectivity index (χ1) is 13.6. The minimum absolute atomic E-state index is 0.0528. The van der Waals surface area contributed by atoms with Crippen molar-refractivity contribution >= 4 is 5.69 Å². The molecule has 1 atom stereocenters. The van der Waals surface area contributed by atoms with E-state index in [0.717, 1.165) is 18.4 Å². The fraction of sp³-hybridized carbons (Fsp3) is 0.211. The topological polar surface area (TPSA) is 124 Å². The van der Waals surface area contributed by atoms with Crippen LogP contribution in [0.3, 0.4) is 0 Å². The number of nitrogens with zero attached hydrogens (tertiary/aromatic N) is 4. The highest BCUT2D eigenvalue weighted by molar-refractivity contribution is 5.57. The first-order valence-corrected chi connectivity index (χ1v) is 8.56. The summed E-state index contributed by atoms with van der Waals surface area (Å²) in [6.07, 6.45) is 1.68. The molecule has 0 bridgehead atoms. The van der Waals surface area contributed by atoms with Crippen LogP contribution in [0.15, 0.2) is 47.0 Å². The third-order valence-electron chi connectivity index (χ3n) is 4.27. The van der Waals surface area contributed by atoms with Crippen molar-refractivity contribution in [2.24, 2.45) is 0 Å². The summed E-state index contributed by atoms with van der Waals surface area (Å²) >= 11 is 0. The molecular weight excluding hydrogens is 364 g/mol. The Labute approximate surface area is 159 Å². The quantitative estimate of drug-likeness (QED) is 0.479. The highest BCUT2D eigenvalue weighted by atomic mass is 16.6. The van der Waals surface area contributed by atoms with Gasteiger partial charge in [-0.3, -0.25) is 10.1 Å². The predicted molar refractivity (Wildman–Crippen MR) is 95.5 cm³/mol. The summed E-state index contributed by atoms with van der Waals surface area (Å²) in [6.45, 7) is 0.690. The van der Waals surface area contributed by atoms with Crippen molar-refractivity contribution in [3.05, 3.63) is 64.0 Å². The third-order valence-corrected chi connectivity index (χ3v) is 4.27. The minimum Gasteiger partial charge on any atom is -0.450 e. The second kappa shape index (κ2) is 7.46. The molecule has 28 heavy (non-hydrogen) atoms. The maximum Gasteiger partial charge on any atom is 0.312 e. The second-order valence-corrected chi connectivity index (χ2v) is 6.14. The van der Waals surface area contributed by atoms with Crippen LogP contribution in [-0.2, 0) is 4.74 Å². The third kappa shape index (κ3) is 3.54. The van der Waals surface area contributed by atoms with Gasteiger partial charge in [-0.1, -0.05) is 5.16 Å². The maximum absolute atomic E-state index is 11.2. The molecule has 0 saturated carbocycles. The van der Waals surface area contributed by atoms with Gasteiger partial charge >= 0.3 is 5.69 Å². The van der Waals surface area contributed by atoms with E-state index in [1.54, 1.807) is 24.3 Å². The Balaban J connectivity index is 1.53. The Morgan fingerprint density at radius 2 is 2.07 bits per heavy atom. The molecule has 1 aromatic heterocycles. The molecule has 140 valence electrons. The predicted octanol–water partition coefficient (Wildman–Crippen LogP) is 4.16. The number of nitro benzene ring substituents is 1. The summed E-state index contributed by atoms with van der Waals surface area (Å²) in [7, 11) is 0. The Morgan fingerprint density at radius 3 is 2.75 bits per heavy atom. The summed E-state index contributed by atoms with van der Waals surface area (Å²) in [6, 6.07) is 12.7. The van der Waals surface area contributed by atoms with Crippen LogP contribution in [0, 0.1) is 21.4 Å². The molecule has 0 amide bonds. The van der Waals surface area contributed by atoms with Crippen molar-refractivity contribution < 1.29 is 18.9 Å². The number of rotatable bonds is 5. The molecule has 0 N–H and O–H groups in total. The van der Waals surface area contributed by atoms with Gasteiger partial charge in [0.25, 0.3) is 5.89 Å². The molecule has 1 saturated heterocycles. The van der Waals surface area contributed by atoms with Gasteiger partial charge in [0.05, 0.1) is 16.6 Å². The van der Waals surface area contributed by atoms with Gasteiger partial charge in [0.2, 0.25) is 11.6 Å². The van der Waals surface area contributed by atoms with E-state index in [2.05, 4.69) is 10.1 Å². The number of hydrogen-bond donors (Lipinski definition) is 0. The van der Waals surface area contributed by atoms with Gasteiger partial charge in [0.1, 0.15) is 11.9 Å². The Kier molecular flexibility index (Phi) is 4.70. The zero-order valence-electron chi connectivity index (χ0n) is 14.6. The Hall–Kier alpha value is -3.77. The van der Waals surface area contributed by atoms with E-state index in [1.807, 2.05) is 6.07 Å². The molecular formula is C19H14N4O5. The Morgan fingerprint density at radius 1 is 1.25 bits per heavy atom. The van der Waals surface area contributed by atoms with E-state index in [4.69, 9.17) is 19.3 Å². The van der Waals surface area contributed by atoms with E-state index in [9.17, 15) is 10.1 Å². The van der Waals surface area contributed by atoms with Crippen LogP contribution in [0.4, 0.5) is 5.69 Å². The van der Waals surface area contributed by atoms with E-state index < -0.39 is 4.92 Å². The number of hydrogen-bond acceptors (Lipinski definition) is 8. The van der Waals surface area contributed by atoms with Gasteiger partial charge in [-0.15, -0.1) is 0 Å². The zero-order valence-corrected chi connectivity index (χ0v) is 14.6. The summed E-state index contributed by atoms with van der Waals surface area (Å²) in [4.78, 5) is 15.0. The van der Waals surface area contributed by atoms with Crippen molar-refractivity contribution in [3.63, 3.8) is 0 Å². The molecule has 1 fully saturated rings. The molecule has 0 radical (unpaired) electrons. The normalized spacial score (nSPS) is 15.9. The van der Waals surface area contributed by atoms with Crippen LogP contribution < -0.4 is 4.74 Å². The van der Waals surface area contributed by atoms with Gasteiger partial charge in [-0.2, -0.15) is 10.2 Å². The average molecular weight is 378 g/mol. The summed E-state index contributed by atoms with van der Waals surface area (Å²) in [5, 5.41) is 24.1. The van der Waals surface area contributed by atoms with Crippen LogP contribution in [0.2, 0.25) is 0 Å².